The van der Waals surface area contributed by atoms with Gasteiger partial charge in [0.15, 0.2) is 0 Å². The van der Waals surface area contributed by atoms with E-state index in [9.17, 15) is 14.4 Å². The predicted octanol–water partition coefficient (Wildman–Crippen LogP) is 6.15. The van der Waals surface area contributed by atoms with Crippen molar-refractivity contribution in [3.05, 3.63) is 88.5 Å². The fourth-order valence-corrected chi connectivity index (χ4v) is 4.27. The molecule has 0 bridgehead atoms. The van der Waals surface area contributed by atoms with E-state index in [2.05, 4.69) is 21.0 Å². The Morgan fingerprint density at radius 1 is 0.975 bits per heavy atom. The third kappa shape index (κ3) is 7.60. The number of carbonyl (C=O) groups is 3. The summed E-state index contributed by atoms with van der Waals surface area (Å²) < 4.78 is 6.84. The number of alkyl carbamates (subject to hydrolysis) is 1. The highest BCUT2D eigenvalue weighted by atomic mass is 35.5. The van der Waals surface area contributed by atoms with E-state index in [1.165, 1.54) is 0 Å². The minimum Gasteiger partial charge on any atom is -0.444 e. The van der Waals surface area contributed by atoms with Crippen molar-refractivity contribution in [3.63, 3.8) is 0 Å². The number of hydrogen-bond donors (Lipinski definition) is 3. The largest absolute Gasteiger partial charge is 0.444 e. The molecule has 0 saturated carbocycles. The minimum atomic E-state index is -0.592. The molecule has 1 aliphatic carbocycles. The van der Waals surface area contributed by atoms with Gasteiger partial charge in [0.1, 0.15) is 11.4 Å². The molecule has 40 heavy (non-hydrogen) atoms. The lowest BCUT2D eigenvalue weighted by Crippen LogP contribution is -2.32. The first-order chi connectivity index (χ1) is 19.0. The Morgan fingerprint density at radius 2 is 1.70 bits per heavy atom. The van der Waals surface area contributed by atoms with E-state index in [1.54, 1.807) is 68.9 Å². The van der Waals surface area contributed by atoms with Gasteiger partial charge >= 0.3 is 6.09 Å². The molecule has 9 nitrogen and oxygen atoms in total. The van der Waals surface area contributed by atoms with Crippen LogP contribution >= 0.6 is 11.6 Å². The molecule has 3 N–H and O–H groups in total. The molecule has 0 spiro atoms. The van der Waals surface area contributed by atoms with E-state index in [4.69, 9.17) is 16.3 Å². The number of halogens is 1. The first kappa shape index (κ1) is 28.6. The number of allylic oxidation sites excluding steroid dienone is 2. The Morgan fingerprint density at radius 3 is 2.40 bits per heavy atom. The van der Waals surface area contributed by atoms with Gasteiger partial charge in [-0.05, 0) is 63.4 Å². The van der Waals surface area contributed by atoms with Crippen LogP contribution in [0.15, 0.2) is 77.4 Å². The molecule has 208 valence electrons. The number of carbonyl (C=O) groups excluding carboxylic acids is 3. The summed E-state index contributed by atoms with van der Waals surface area (Å²) in [5, 5.41) is 13.4. The number of benzene rings is 2. The van der Waals surface area contributed by atoms with Gasteiger partial charge in [0.05, 0.1) is 11.3 Å². The number of aromatic nitrogens is 2. The van der Waals surface area contributed by atoms with Gasteiger partial charge in [-0.2, -0.15) is 5.10 Å². The van der Waals surface area contributed by atoms with Gasteiger partial charge in [0, 0.05) is 41.5 Å². The molecule has 0 saturated heterocycles. The van der Waals surface area contributed by atoms with E-state index in [1.807, 2.05) is 30.4 Å². The zero-order valence-corrected chi connectivity index (χ0v) is 23.6. The Balaban J connectivity index is 1.38. The summed E-state index contributed by atoms with van der Waals surface area (Å²) in [7, 11) is 1.74. The second kappa shape index (κ2) is 12.2. The first-order valence-electron chi connectivity index (χ1n) is 12.9. The van der Waals surface area contributed by atoms with Crippen LogP contribution in [0.3, 0.4) is 0 Å². The molecular weight excluding hydrogens is 530 g/mol. The highest BCUT2D eigenvalue weighted by Crippen LogP contribution is 2.26. The van der Waals surface area contributed by atoms with Gasteiger partial charge < -0.3 is 20.7 Å². The van der Waals surface area contributed by atoms with Crippen LogP contribution in [0.4, 0.5) is 16.3 Å². The van der Waals surface area contributed by atoms with Gasteiger partial charge in [-0.15, -0.1) is 0 Å². The van der Waals surface area contributed by atoms with Crippen LogP contribution in [0, 0.1) is 0 Å². The first-order valence-corrected chi connectivity index (χ1v) is 13.3. The van der Waals surface area contributed by atoms with Crippen molar-refractivity contribution in [2.24, 2.45) is 7.05 Å². The van der Waals surface area contributed by atoms with Crippen LogP contribution in [0.2, 0.25) is 0 Å². The van der Waals surface area contributed by atoms with Gasteiger partial charge in [-0.3, -0.25) is 14.3 Å². The Kier molecular flexibility index (Phi) is 8.74. The lowest BCUT2D eigenvalue weighted by atomic mass is 10.1. The fraction of sp³-hybridized carbons (Fsp3) is 0.267. The third-order valence-electron chi connectivity index (χ3n) is 5.93. The van der Waals surface area contributed by atoms with Crippen LogP contribution in [0.5, 0.6) is 0 Å². The van der Waals surface area contributed by atoms with Crippen molar-refractivity contribution in [2.75, 3.05) is 10.6 Å². The maximum absolute atomic E-state index is 13.0. The van der Waals surface area contributed by atoms with E-state index in [0.29, 0.717) is 33.4 Å². The standard InChI is InChI=1S/C30H32ClN5O4/c1-30(2,3)40-29(39)32-18-19-8-7-9-21(16-19)27(37)34-26-17-25(35-36(26)4)20-12-14-22(15-13-20)33-28(38)23-10-5-6-11-24(23)31/h7-17H,5-6,18H2,1-4H3,(H,32,39)(H,33,38)(H,34,37). The van der Waals surface area contributed by atoms with E-state index in [0.717, 1.165) is 24.0 Å². The highest BCUT2D eigenvalue weighted by Gasteiger charge is 2.17. The normalized spacial score (nSPS) is 13.1. The number of nitrogens with one attached hydrogen (secondary N) is 3. The molecule has 0 unspecified atom stereocenters. The van der Waals surface area contributed by atoms with Crippen LogP contribution in [-0.4, -0.2) is 33.3 Å². The minimum absolute atomic E-state index is 0.226. The third-order valence-corrected chi connectivity index (χ3v) is 6.28. The zero-order chi connectivity index (χ0) is 28.9. The van der Waals surface area contributed by atoms with Crippen LogP contribution < -0.4 is 16.0 Å². The van der Waals surface area contributed by atoms with Crippen LogP contribution in [0.1, 0.15) is 49.5 Å². The molecule has 0 radical (unpaired) electrons. The van der Waals surface area contributed by atoms with Crippen molar-refractivity contribution in [2.45, 2.75) is 45.8 Å². The predicted molar refractivity (Wildman–Crippen MR) is 156 cm³/mol. The number of rotatable bonds is 7. The van der Waals surface area contributed by atoms with Crippen LogP contribution in [-0.2, 0) is 23.1 Å². The van der Waals surface area contributed by atoms with Gasteiger partial charge in [-0.1, -0.05) is 48.0 Å². The lowest BCUT2D eigenvalue weighted by Gasteiger charge is -2.19. The molecule has 2 aromatic carbocycles. The Labute approximate surface area is 238 Å². The molecule has 4 rings (SSSR count). The summed E-state index contributed by atoms with van der Waals surface area (Å²) in [5.74, 6) is -0.0435. The molecule has 1 aliphatic rings. The molecule has 3 amide bonds. The molecule has 0 fully saturated rings. The van der Waals surface area contributed by atoms with Crippen LogP contribution in [0.25, 0.3) is 11.3 Å². The molecule has 1 aromatic heterocycles. The number of aryl methyl sites for hydroxylation is 1. The summed E-state index contributed by atoms with van der Waals surface area (Å²) in [6.07, 6.45) is 4.78. The summed E-state index contributed by atoms with van der Waals surface area (Å²) in [6, 6.07) is 16.0. The Bertz CT molecular complexity index is 1480. The molecule has 1 heterocycles. The zero-order valence-electron chi connectivity index (χ0n) is 22.9. The van der Waals surface area contributed by atoms with Crippen molar-refractivity contribution >= 4 is 41.0 Å². The summed E-state index contributed by atoms with van der Waals surface area (Å²) in [5.41, 5.74) is 3.20. The van der Waals surface area contributed by atoms with E-state index in [-0.39, 0.29) is 18.4 Å². The monoisotopic (exact) mass is 561 g/mol. The van der Waals surface area contributed by atoms with Crippen molar-refractivity contribution in [1.29, 1.82) is 0 Å². The molecule has 0 atom stereocenters. The number of anilines is 2. The van der Waals surface area contributed by atoms with E-state index < -0.39 is 11.7 Å². The lowest BCUT2D eigenvalue weighted by molar-refractivity contribution is -0.112. The van der Waals surface area contributed by atoms with Crippen molar-refractivity contribution in [1.82, 2.24) is 15.1 Å². The number of nitrogens with zero attached hydrogens (tertiary/aromatic N) is 2. The molecule has 10 heteroatoms. The smallest absolute Gasteiger partial charge is 0.407 e. The number of ether oxygens (including phenoxy) is 1. The van der Waals surface area contributed by atoms with Crippen molar-refractivity contribution < 1.29 is 19.1 Å². The number of hydrogen-bond acceptors (Lipinski definition) is 5. The van der Waals surface area contributed by atoms with Crippen molar-refractivity contribution in [3.8, 4) is 11.3 Å². The fourth-order valence-electron chi connectivity index (χ4n) is 3.99. The average Bonchev–Trinajstić information content (AvgIpc) is 3.27. The molecule has 3 aromatic rings. The molecule has 0 aliphatic heterocycles. The maximum Gasteiger partial charge on any atom is 0.407 e. The maximum atomic E-state index is 13.0. The summed E-state index contributed by atoms with van der Waals surface area (Å²) in [4.78, 5) is 37.5. The SMILES string of the molecule is Cn1nc(-c2ccc(NC(=O)C3=CCCC=C3Cl)cc2)cc1NC(=O)c1cccc(CNC(=O)OC(C)(C)C)c1. The average molecular weight is 562 g/mol. The van der Waals surface area contributed by atoms with Gasteiger partial charge in [0.25, 0.3) is 11.8 Å². The molecular formula is C30H32ClN5O4. The van der Waals surface area contributed by atoms with Gasteiger partial charge in [0.2, 0.25) is 0 Å². The summed E-state index contributed by atoms with van der Waals surface area (Å²) in [6.45, 7) is 5.61. The second-order valence-corrected chi connectivity index (χ2v) is 10.7. The Hall–Kier alpha value is -4.37. The summed E-state index contributed by atoms with van der Waals surface area (Å²) >= 11 is 6.17. The van der Waals surface area contributed by atoms with E-state index >= 15 is 0 Å². The number of amides is 3. The van der Waals surface area contributed by atoms with Gasteiger partial charge in [-0.25, -0.2) is 4.79 Å². The topological polar surface area (TPSA) is 114 Å². The highest BCUT2D eigenvalue weighted by molar-refractivity contribution is 6.36. The quantitative estimate of drug-likeness (QED) is 0.320. The second-order valence-electron chi connectivity index (χ2n) is 10.3.